The van der Waals surface area contributed by atoms with E-state index in [1.807, 2.05) is 0 Å². The first kappa shape index (κ1) is 8.34. The zero-order chi connectivity index (χ0) is 9.59. The van der Waals surface area contributed by atoms with E-state index in [2.05, 4.69) is 5.32 Å². The van der Waals surface area contributed by atoms with Gasteiger partial charge in [-0.15, -0.1) is 0 Å². The van der Waals surface area contributed by atoms with E-state index in [4.69, 9.17) is 5.11 Å². The number of rotatable bonds is 1. The highest BCUT2D eigenvalue weighted by Gasteiger charge is 2.56. The summed E-state index contributed by atoms with van der Waals surface area (Å²) in [4.78, 5) is 23.6. The quantitative estimate of drug-likeness (QED) is 0.589. The van der Waals surface area contributed by atoms with Crippen molar-refractivity contribution in [2.45, 2.75) is 12.5 Å². The molecule has 2 aliphatic heterocycles. The van der Waals surface area contributed by atoms with Gasteiger partial charge in [0, 0.05) is 19.6 Å². The minimum absolute atomic E-state index is 0.0672. The van der Waals surface area contributed by atoms with Crippen LogP contribution in [-0.2, 0) is 4.79 Å². The molecule has 3 atom stereocenters. The fraction of sp³-hybridized carbons (Fsp3) is 0.750. The van der Waals surface area contributed by atoms with Crippen molar-refractivity contribution in [2.75, 3.05) is 13.6 Å². The van der Waals surface area contributed by atoms with Crippen LogP contribution in [0.25, 0.3) is 0 Å². The van der Waals surface area contributed by atoms with Gasteiger partial charge in [0.1, 0.15) is 0 Å². The molecule has 3 aliphatic rings. The van der Waals surface area contributed by atoms with Crippen LogP contribution < -0.4 is 5.32 Å². The van der Waals surface area contributed by atoms with Crippen LogP contribution in [0.3, 0.4) is 0 Å². The van der Waals surface area contributed by atoms with Gasteiger partial charge < -0.3 is 15.3 Å². The highest BCUT2D eigenvalue weighted by atomic mass is 16.4. The number of hydrogen-bond acceptors (Lipinski definition) is 2. The van der Waals surface area contributed by atoms with Crippen LogP contribution in [0.1, 0.15) is 6.42 Å². The summed E-state index contributed by atoms with van der Waals surface area (Å²) in [6.07, 6.45) is 0.852. The summed E-state index contributed by atoms with van der Waals surface area (Å²) < 4.78 is 0. The Kier molecular flexibility index (Phi) is 1.68. The van der Waals surface area contributed by atoms with Crippen molar-refractivity contribution < 1.29 is 14.7 Å². The van der Waals surface area contributed by atoms with Crippen LogP contribution in [0, 0.1) is 11.8 Å². The molecule has 3 unspecified atom stereocenters. The molecule has 5 nitrogen and oxygen atoms in total. The van der Waals surface area contributed by atoms with Crippen molar-refractivity contribution in [1.29, 1.82) is 0 Å². The van der Waals surface area contributed by atoms with E-state index in [0.29, 0.717) is 6.54 Å². The van der Waals surface area contributed by atoms with Gasteiger partial charge >= 0.3 is 12.0 Å². The summed E-state index contributed by atoms with van der Waals surface area (Å²) in [7, 11) is 1.56. The second kappa shape index (κ2) is 2.61. The Bertz CT molecular complexity index is 266. The number of nitrogens with zero attached hydrogens (tertiary/aromatic N) is 1. The number of fused-ring (bicyclic) bond motifs is 1. The summed E-state index contributed by atoms with van der Waals surface area (Å²) in [5.41, 5.74) is 0. The second-order valence-electron chi connectivity index (χ2n) is 3.63. The predicted molar refractivity (Wildman–Crippen MR) is 44.2 cm³/mol. The molecule has 1 aliphatic carbocycles. The largest absolute Gasteiger partial charge is 0.481 e. The third-order valence-corrected chi connectivity index (χ3v) is 3.06. The minimum atomic E-state index is -0.771. The molecule has 0 aromatic heterocycles. The number of aliphatic carboxylic acids is 1. The topological polar surface area (TPSA) is 69.6 Å². The third-order valence-electron chi connectivity index (χ3n) is 3.06. The maximum atomic E-state index is 11.2. The Morgan fingerprint density at radius 2 is 2.23 bits per heavy atom. The number of urea groups is 1. The first-order valence-electron chi connectivity index (χ1n) is 4.36. The Hall–Kier alpha value is -1.26. The van der Waals surface area contributed by atoms with Crippen molar-refractivity contribution in [3.63, 3.8) is 0 Å². The summed E-state index contributed by atoms with van der Waals surface area (Å²) in [6, 6.07) is -0.223. The molecule has 0 radical (unpaired) electrons. The van der Waals surface area contributed by atoms with Gasteiger partial charge in [0.2, 0.25) is 0 Å². The maximum absolute atomic E-state index is 11.2. The average molecular weight is 184 g/mol. The number of carbonyl (C=O) groups is 2. The minimum Gasteiger partial charge on any atom is -0.481 e. The smallest absolute Gasteiger partial charge is 0.317 e. The summed E-state index contributed by atoms with van der Waals surface area (Å²) in [5, 5.41) is 11.3. The lowest BCUT2D eigenvalue weighted by Crippen LogP contribution is -2.47. The standard InChI is InChI=1S/C8H12N2O3/c1-9-8(13)10-3-4-2-5(10)6(4)7(11)12/h4-6H,2-3H2,1H3,(H,9,13)(H,11,12). The van der Waals surface area contributed by atoms with Gasteiger partial charge in [-0.3, -0.25) is 4.79 Å². The first-order valence-corrected chi connectivity index (χ1v) is 4.36. The highest BCUT2D eigenvalue weighted by molar-refractivity contribution is 5.79. The van der Waals surface area contributed by atoms with Gasteiger partial charge in [0.05, 0.1) is 5.92 Å². The fourth-order valence-electron chi connectivity index (χ4n) is 2.36. The lowest BCUT2D eigenvalue weighted by Gasteiger charge is -2.32. The Labute approximate surface area is 75.7 Å². The molecule has 2 N–H and O–H groups in total. The van der Waals surface area contributed by atoms with Gasteiger partial charge in [0.15, 0.2) is 0 Å². The molecular weight excluding hydrogens is 172 g/mol. The third kappa shape index (κ3) is 0.993. The van der Waals surface area contributed by atoms with E-state index >= 15 is 0 Å². The molecule has 2 saturated heterocycles. The number of carboxylic acid groups (broad SMARTS) is 1. The van der Waals surface area contributed by atoms with Crippen molar-refractivity contribution in [3.8, 4) is 0 Å². The molecular formula is C8H12N2O3. The Balaban J connectivity index is 2.07. The van der Waals surface area contributed by atoms with Crippen LogP contribution in [-0.4, -0.2) is 41.6 Å². The first-order chi connectivity index (χ1) is 6.15. The molecule has 13 heavy (non-hydrogen) atoms. The van der Waals surface area contributed by atoms with Gasteiger partial charge in [-0.25, -0.2) is 4.79 Å². The number of carbonyl (C=O) groups excluding carboxylic acids is 1. The van der Waals surface area contributed by atoms with Gasteiger partial charge in [-0.1, -0.05) is 0 Å². The van der Waals surface area contributed by atoms with E-state index in [-0.39, 0.29) is 23.9 Å². The average Bonchev–Trinajstić information content (AvgIpc) is 2.57. The molecule has 0 aromatic rings. The SMILES string of the molecule is CNC(=O)N1CC2CC1C2C(=O)O. The molecule has 3 fully saturated rings. The van der Waals surface area contributed by atoms with E-state index in [0.717, 1.165) is 6.42 Å². The second-order valence-corrected chi connectivity index (χ2v) is 3.63. The molecule has 1 saturated carbocycles. The van der Waals surface area contributed by atoms with Crippen LogP contribution in [0.4, 0.5) is 4.79 Å². The van der Waals surface area contributed by atoms with Crippen molar-refractivity contribution in [1.82, 2.24) is 10.2 Å². The molecule has 0 aromatic carbocycles. The zero-order valence-corrected chi connectivity index (χ0v) is 7.36. The Morgan fingerprint density at radius 3 is 2.69 bits per heavy atom. The van der Waals surface area contributed by atoms with E-state index in [1.54, 1.807) is 11.9 Å². The molecule has 5 heteroatoms. The monoisotopic (exact) mass is 184 g/mol. The molecule has 2 bridgehead atoms. The number of carboxylic acids is 1. The van der Waals surface area contributed by atoms with Gasteiger partial charge in [-0.2, -0.15) is 0 Å². The molecule has 2 heterocycles. The van der Waals surface area contributed by atoms with Crippen LogP contribution in [0.15, 0.2) is 0 Å². The highest BCUT2D eigenvalue weighted by Crippen LogP contribution is 2.46. The van der Waals surface area contributed by atoms with Gasteiger partial charge in [0.25, 0.3) is 0 Å². The number of nitrogens with one attached hydrogen (secondary N) is 1. The summed E-state index contributed by atoms with van der Waals surface area (Å²) in [6.45, 7) is 0.599. The van der Waals surface area contributed by atoms with E-state index in [9.17, 15) is 9.59 Å². The predicted octanol–water partition coefficient (Wildman–Crippen LogP) is -0.269. The lowest BCUT2D eigenvalue weighted by atomic mass is 9.74. The van der Waals surface area contributed by atoms with Crippen LogP contribution >= 0.6 is 0 Å². The number of amides is 2. The zero-order valence-electron chi connectivity index (χ0n) is 7.36. The molecule has 0 spiro atoms. The molecule has 2 amide bonds. The van der Waals surface area contributed by atoms with Crippen molar-refractivity contribution >= 4 is 12.0 Å². The maximum Gasteiger partial charge on any atom is 0.317 e. The molecule has 72 valence electrons. The van der Waals surface area contributed by atoms with Crippen molar-refractivity contribution in [2.24, 2.45) is 11.8 Å². The van der Waals surface area contributed by atoms with E-state index in [1.165, 1.54) is 0 Å². The lowest BCUT2D eigenvalue weighted by molar-refractivity contribution is -0.147. The summed E-state index contributed by atoms with van der Waals surface area (Å²) in [5.74, 6) is -0.912. The van der Waals surface area contributed by atoms with Crippen LogP contribution in [0.2, 0.25) is 0 Å². The van der Waals surface area contributed by atoms with Crippen LogP contribution in [0.5, 0.6) is 0 Å². The Morgan fingerprint density at radius 1 is 1.54 bits per heavy atom. The number of hydrogen-bond donors (Lipinski definition) is 2. The normalized spacial score (nSPS) is 35.5. The molecule has 3 rings (SSSR count). The van der Waals surface area contributed by atoms with Gasteiger partial charge in [-0.05, 0) is 12.3 Å². The van der Waals surface area contributed by atoms with E-state index < -0.39 is 5.97 Å². The fourth-order valence-corrected chi connectivity index (χ4v) is 2.36. The van der Waals surface area contributed by atoms with Crippen molar-refractivity contribution in [3.05, 3.63) is 0 Å². The summed E-state index contributed by atoms with van der Waals surface area (Å²) >= 11 is 0.